The van der Waals surface area contributed by atoms with Crippen molar-refractivity contribution in [1.82, 2.24) is 14.8 Å². The minimum absolute atomic E-state index is 0.0175. The Morgan fingerprint density at radius 3 is 2.29 bits per heavy atom. The molecule has 0 saturated carbocycles. The van der Waals surface area contributed by atoms with Gasteiger partial charge < -0.3 is 25.0 Å². The number of rotatable bonds is 9. The minimum Gasteiger partial charge on any atom is -0.395 e. The zero-order valence-corrected chi connectivity index (χ0v) is 21.7. The van der Waals surface area contributed by atoms with Gasteiger partial charge in [-0.3, -0.25) is 14.4 Å². The molecule has 4 rings (SSSR count). The second kappa shape index (κ2) is 12.2. The number of likely N-dealkylation sites (tertiary alicyclic amines) is 1. The van der Waals surface area contributed by atoms with Crippen LogP contribution in [0.1, 0.15) is 48.0 Å². The van der Waals surface area contributed by atoms with Gasteiger partial charge in [0.2, 0.25) is 5.91 Å². The van der Waals surface area contributed by atoms with Crippen molar-refractivity contribution in [1.29, 1.82) is 0 Å². The number of aromatic nitrogens is 1. The quantitative estimate of drug-likeness (QED) is 0.404. The summed E-state index contributed by atoms with van der Waals surface area (Å²) < 4.78 is 1.37. The fourth-order valence-corrected chi connectivity index (χ4v) is 4.94. The predicted octanol–water partition coefficient (Wildman–Crippen LogP) is 2.78. The van der Waals surface area contributed by atoms with Crippen LogP contribution in [0.4, 0.5) is 0 Å². The first-order valence-electron chi connectivity index (χ1n) is 13.0. The molecule has 200 valence electrons. The third kappa shape index (κ3) is 6.57. The molecule has 2 amide bonds. The molecule has 0 radical (unpaired) electrons. The average Bonchev–Trinajstić information content (AvgIpc) is 2.93. The van der Waals surface area contributed by atoms with E-state index in [-0.39, 0.29) is 42.6 Å². The molecule has 8 heteroatoms. The molecule has 3 aromatic rings. The number of carbonyl (C=O) groups is 2. The van der Waals surface area contributed by atoms with Crippen molar-refractivity contribution in [2.45, 2.75) is 44.2 Å². The molecular weight excluding hydrogens is 482 g/mol. The maximum atomic E-state index is 13.1. The monoisotopic (exact) mass is 517 g/mol. The Labute approximate surface area is 222 Å². The number of nitrogens with zero attached hydrogens (tertiary/aromatic N) is 2. The molecule has 0 aliphatic carbocycles. The lowest BCUT2D eigenvalue weighted by molar-refractivity contribution is -0.136. The molecule has 2 heterocycles. The third-order valence-corrected chi connectivity index (χ3v) is 7.21. The van der Waals surface area contributed by atoms with E-state index in [0.29, 0.717) is 37.9 Å². The maximum Gasteiger partial charge on any atom is 0.253 e. The molecule has 1 fully saturated rings. The van der Waals surface area contributed by atoms with Gasteiger partial charge in [0.25, 0.3) is 11.5 Å². The number of amides is 2. The van der Waals surface area contributed by atoms with Gasteiger partial charge in [0.05, 0.1) is 24.3 Å². The molecule has 3 N–H and O–H groups in total. The van der Waals surface area contributed by atoms with Crippen LogP contribution in [0.25, 0.3) is 11.1 Å². The normalized spacial score (nSPS) is 15.6. The Kier molecular flexibility index (Phi) is 8.76. The van der Waals surface area contributed by atoms with Crippen LogP contribution in [0.5, 0.6) is 0 Å². The molecule has 1 saturated heterocycles. The Balaban J connectivity index is 1.47. The lowest BCUT2D eigenvalue weighted by atomic mass is 9.90. The van der Waals surface area contributed by atoms with E-state index in [4.69, 9.17) is 5.11 Å². The fourth-order valence-electron chi connectivity index (χ4n) is 4.94. The van der Waals surface area contributed by atoms with Crippen molar-refractivity contribution >= 4 is 11.8 Å². The average molecular weight is 518 g/mol. The van der Waals surface area contributed by atoms with Crippen LogP contribution >= 0.6 is 0 Å². The standard InChI is InChI=1S/C30H35N3O5/c1-22(23-8-4-2-5-9-23)18-27(35)32-15-12-30(38,13-16-32)21-33-20-26(29(37)31-14-17-34)25(19-28(33)36)24-10-6-3-7-11-24/h2-11,19-20,22,34,38H,12-18,21H2,1H3,(H,31,37)/t22-/m1/s1. The van der Waals surface area contributed by atoms with E-state index in [1.807, 2.05) is 67.6 Å². The Morgan fingerprint density at radius 2 is 1.66 bits per heavy atom. The minimum atomic E-state index is -1.18. The molecule has 1 atom stereocenters. The molecule has 8 nitrogen and oxygen atoms in total. The van der Waals surface area contributed by atoms with E-state index in [0.717, 1.165) is 11.1 Å². The molecular formula is C30H35N3O5. The van der Waals surface area contributed by atoms with Gasteiger partial charge in [0.1, 0.15) is 0 Å². The SMILES string of the molecule is C[C@H](CC(=O)N1CCC(O)(Cn2cc(C(=O)NCCO)c(-c3ccccc3)cc2=O)CC1)c1ccccc1. The molecule has 0 unspecified atom stereocenters. The van der Waals surface area contributed by atoms with E-state index in [9.17, 15) is 19.5 Å². The smallest absolute Gasteiger partial charge is 0.253 e. The van der Waals surface area contributed by atoms with Crippen molar-refractivity contribution in [3.8, 4) is 11.1 Å². The zero-order chi connectivity index (χ0) is 27.1. The van der Waals surface area contributed by atoms with Crippen LogP contribution < -0.4 is 10.9 Å². The summed E-state index contributed by atoms with van der Waals surface area (Å²) in [6.07, 6.45) is 2.54. The predicted molar refractivity (Wildman–Crippen MR) is 146 cm³/mol. The second-order valence-corrected chi connectivity index (χ2v) is 10.0. The summed E-state index contributed by atoms with van der Waals surface area (Å²) in [7, 11) is 0. The van der Waals surface area contributed by atoms with Gasteiger partial charge in [-0.05, 0) is 29.9 Å². The van der Waals surface area contributed by atoms with Crippen LogP contribution in [0.2, 0.25) is 0 Å². The zero-order valence-electron chi connectivity index (χ0n) is 21.7. The number of carbonyl (C=O) groups excluding carboxylic acids is 2. The summed E-state index contributed by atoms with van der Waals surface area (Å²) in [5, 5.41) is 23.1. The number of piperidine rings is 1. The van der Waals surface area contributed by atoms with E-state index < -0.39 is 11.5 Å². The number of hydrogen-bond acceptors (Lipinski definition) is 5. The van der Waals surface area contributed by atoms with Crippen LogP contribution in [-0.4, -0.2) is 63.3 Å². The number of pyridine rings is 1. The van der Waals surface area contributed by atoms with Crippen molar-refractivity contribution in [3.63, 3.8) is 0 Å². The lowest BCUT2D eigenvalue weighted by Gasteiger charge is -2.39. The highest BCUT2D eigenvalue weighted by Gasteiger charge is 2.35. The van der Waals surface area contributed by atoms with Gasteiger partial charge >= 0.3 is 0 Å². The van der Waals surface area contributed by atoms with Gasteiger partial charge in [-0.2, -0.15) is 0 Å². The number of benzene rings is 2. The first-order chi connectivity index (χ1) is 18.3. The highest BCUT2D eigenvalue weighted by molar-refractivity contribution is 6.00. The van der Waals surface area contributed by atoms with Crippen molar-refractivity contribution < 1.29 is 19.8 Å². The number of aliphatic hydroxyl groups is 2. The summed E-state index contributed by atoms with van der Waals surface area (Å²) in [6.45, 7) is 2.74. The van der Waals surface area contributed by atoms with Gasteiger partial charge in [-0.15, -0.1) is 0 Å². The fraction of sp³-hybridized carbons (Fsp3) is 0.367. The van der Waals surface area contributed by atoms with Gasteiger partial charge in [0.15, 0.2) is 0 Å². The first-order valence-corrected chi connectivity index (χ1v) is 13.0. The Hall–Kier alpha value is -3.75. The van der Waals surface area contributed by atoms with E-state index in [1.165, 1.54) is 16.8 Å². The summed E-state index contributed by atoms with van der Waals surface area (Å²) in [4.78, 5) is 40.7. The van der Waals surface area contributed by atoms with Crippen molar-refractivity contribution in [3.05, 3.63) is 94.4 Å². The summed E-state index contributed by atoms with van der Waals surface area (Å²) in [5.41, 5.74) is 1.11. The largest absolute Gasteiger partial charge is 0.395 e. The van der Waals surface area contributed by atoms with E-state index in [1.54, 1.807) is 4.90 Å². The topological polar surface area (TPSA) is 112 Å². The Morgan fingerprint density at radius 1 is 1.03 bits per heavy atom. The van der Waals surface area contributed by atoms with E-state index >= 15 is 0 Å². The highest BCUT2D eigenvalue weighted by atomic mass is 16.3. The van der Waals surface area contributed by atoms with Crippen molar-refractivity contribution in [2.24, 2.45) is 0 Å². The summed E-state index contributed by atoms with van der Waals surface area (Å²) in [5.74, 6) is -0.260. The van der Waals surface area contributed by atoms with Gasteiger partial charge in [-0.25, -0.2) is 0 Å². The van der Waals surface area contributed by atoms with Crippen LogP contribution in [-0.2, 0) is 11.3 Å². The number of hydrogen-bond donors (Lipinski definition) is 3. The molecule has 38 heavy (non-hydrogen) atoms. The molecule has 0 spiro atoms. The van der Waals surface area contributed by atoms with Gasteiger partial charge in [-0.1, -0.05) is 67.6 Å². The number of nitrogens with one attached hydrogen (secondary N) is 1. The third-order valence-electron chi connectivity index (χ3n) is 7.21. The molecule has 0 bridgehead atoms. The maximum absolute atomic E-state index is 13.1. The molecule has 1 aliphatic rings. The van der Waals surface area contributed by atoms with Crippen molar-refractivity contribution in [2.75, 3.05) is 26.2 Å². The van der Waals surface area contributed by atoms with Crippen LogP contribution in [0, 0.1) is 0 Å². The first kappa shape index (κ1) is 27.3. The highest BCUT2D eigenvalue weighted by Crippen LogP contribution is 2.28. The van der Waals surface area contributed by atoms with Gasteiger partial charge in [0, 0.05) is 43.9 Å². The lowest BCUT2D eigenvalue weighted by Crippen LogP contribution is -2.49. The Bertz CT molecular complexity index is 1300. The molecule has 1 aromatic heterocycles. The molecule has 2 aromatic carbocycles. The number of aliphatic hydroxyl groups excluding tert-OH is 1. The van der Waals surface area contributed by atoms with E-state index in [2.05, 4.69) is 5.32 Å². The second-order valence-electron chi connectivity index (χ2n) is 10.0. The summed E-state index contributed by atoms with van der Waals surface area (Å²) in [6, 6.07) is 20.5. The van der Waals surface area contributed by atoms with Crippen LogP contribution in [0.3, 0.4) is 0 Å². The van der Waals surface area contributed by atoms with Crippen LogP contribution in [0.15, 0.2) is 77.7 Å². The molecule has 1 aliphatic heterocycles. The summed E-state index contributed by atoms with van der Waals surface area (Å²) >= 11 is 0.